The second kappa shape index (κ2) is 6.66. The third-order valence-corrected chi connectivity index (χ3v) is 3.02. The zero-order valence-corrected chi connectivity index (χ0v) is 9.89. The van der Waals surface area contributed by atoms with E-state index in [0.29, 0.717) is 18.4 Å². The number of ether oxygens (including phenoxy) is 2. The minimum absolute atomic E-state index is 0.103. The van der Waals surface area contributed by atoms with Crippen molar-refractivity contribution < 1.29 is 19.4 Å². The number of hydrogen-bond acceptors (Lipinski definition) is 3. The largest absolute Gasteiger partial charge is 0.479 e. The number of allylic oxidation sites excluding steroid dienone is 2. The first-order chi connectivity index (χ1) is 7.65. The fourth-order valence-corrected chi connectivity index (χ4v) is 1.82. The molecule has 1 aliphatic rings. The molecule has 3 unspecified atom stereocenters. The Morgan fingerprint density at radius 1 is 1.50 bits per heavy atom. The lowest BCUT2D eigenvalue weighted by Crippen LogP contribution is -2.32. The lowest BCUT2D eigenvalue weighted by atomic mass is 9.85. The lowest BCUT2D eigenvalue weighted by Gasteiger charge is -2.26. The molecular weight excluding hydrogens is 208 g/mol. The average Bonchev–Trinajstić information content (AvgIpc) is 2.26. The van der Waals surface area contributed by atoms with Gasteiger partial charge in [-0.15, -0.1) is 0 Å². The molecule has 0 aromatic rings. The molecule has 4 heteroatoms. The van der Waals surface area contributed by atoms with Crippen molar-refractivity contribution in [3.63, 3.8) is 0 Å². The summed E-state index contributed by atoms with van der Waals surface area (Å²) in [4.78, 5) is 10.8. The Labute approximate surface area is 96.2 Å². The van der Waals surface area contributed by atoms with Gasteiger partial charge < -0.3 is 14.6 Å². The van der Waals surface area contributed by atoms with E-state index in [1.54, 1.807) is 0 Å². The van der Waals surface area contributed by atoms with Crippen LogP contribution in [0.5, 0.6) is 0 Å². The Morgan fingerprint density at radius 3 is 2.75 bits per heavy atom. The number of hydrogen-bond donors (Lipinski definition) is 1. The molecule has 0 aromatic carbocycles. The fraction of sp³-hybridized carbons (Fsp3) is 0.750. The van der Waals surface area contributed by atoms with Crippen molar-refractivity contribution in [1.29, 1.82) is 0 Å². The average molecular weight is 228 g/mol. The number of carbonyl (C=O) groups is 1. The van der Waals surface area contributed by atoms with E-state index >= 15 is 0 Å². The molecule has 0 fully saturated rings. The van der Waals surface area contributed by atoms with Gasteiger partial charge in [0.15, 0.2) is 6.10 Å². The van der Waals surface area contributed by atoms with Crippen LogP contribution in [-0.2, 0) is 14.3 Å². The number of carboxylic acids is 1. The zero-order valence-electron chi connectivity index (χ0n) is 9.89. The monoisotopic (exact) mass is 228 g/mol. The van der Waals surface area contributed by atoms with Crippen molar-refractivity contribution in [2.24, 2.45) is 11.8 Å². The summed E-state index contributed by atoms with van der Waals surface area (Å²) < 4.78 is 10.2. The normalized spacial score (nSPS) is 26.6. The Kier molecular flexibility index (Phi) is 5.49. The molecule has 1 rings (SSSR count). The standard InChI is InChI=1S/C12H20O4/c1-9-5-3-4-6-10(9)7-16-11(8-15-2)12(13)14/h3-4,9-11H,5-8H2,1-2H3,(H,13,14). The highest BCUT2D eigenvalue weighted by atomic mass is 16.5. The van der Waals surface area contributed by atoms with E-state index in [0.717, 1.165) is 12.8 Å². The van der Waals surface area contributed by atoms with E-state index in [2.05, 4.69) is 19.1 Å². The summed E-state index contributed by atoms with van der Waals surface area (Å²) in [5.41, 5.74) is 0. The van der Waals surface area contributed by atoms with Crippen LogP contribution >= 0.6 is 0 Å². The van der Waals surface area contributed by atoms with Gasteiger partial charge in [-0.25, -0.2) is 4.79 Å². The van der Waals surface area contributed by atoms with E-state index in [1.807, 2.05) is 0 Å². The Morgan fingerprint density at radius 2 is 2.19 bits per heavy atom. The zero-order chi connectivity index (χ0) is 12.0. The van der Waals surface area contributed by atoms with Gasteiger partial charge in [-0.1, -0.05) is 19.1 Å². The first kappa shape index (κ1) is 13.2. The number of aliphatic carboxylic acids is 1. The van der Waals surface area contributed by atoms with Crippen molar-refractivity contribution >= 4 is 5.97 Å². The SMILES string of the molecule is COCC(OCC1CC=CCC1C)C(=O)O. The quantitative estimate of drug-likeness (QED) is 0.703. The third-order valence-electron chi connectivity index (χ3n) is 3.02. The summed E-state index contributed by atoms with van der Waals surface area (Å²) in [6.45, 7) is 2.77. The predicted octanol–water partition coefficient (Wildman–Crippen LogP) is 1.70. The first-order valence-electron chi connectivity index (χ1n) is 5.63. The third kappa shape index (κ3) is 3.94. The Bertz CT molecular complexity index is 249. The summed E-state index contributed by atoms with van der Waals surface area (Å²) in [7, 11) is 1.48. The molecule has 0 heterocycles. The maximum atomic E-state index is 10.8. The molecular formula is C12H20O4. The van der Waals surface area contributed by atoms with Gasteiger partial charge in [0.25, 0.3) is 0 Å². The van der Waals surface area contributed by atoms with Crippen LogP contribution < -0.4 is 0 Å². The Hall–Kier alpha value is -0.870. The molecule has 92 valence electrons. The van der Waals surface area contributed by atoms with E-state index in [1.165, 1.54) is 7.11 Å². The first-order valence-corrected chi connectivity index (χ1v) is 5.63. The maximum absolute atomic E-state index is 10.8. The molecule has 0 radical (unpaired) electrons. The minimum atomic E-state index is -0.958. The highest BCUT2D eigenvalue weighted by molar-refractivity contribution is 5.72. The second-order valence-corrected chi connectivity index (χ2v) is 4.30. The molecule has 0 spiro atoms. The van der Waals surface area contributed by atoms with Gasteiger partial charge >= 0.3 is 5.97 Å². The van der Waals surface area contributed by atoms with E-state index < -0.39 is 12.1 Å². The molecule has 0 saturated carbocycles. The lowest BCUT2D eigenvalue weighted by molar-refractivity contribution is -0.155. The van der Waals surface area contributed by atoms with Gasteiger partial charge in [-0.3, -0.25) is 0 Å². The van der Waals surface area contributed by atoms with E-state index in [-0.39, 0.29) is 6.61 Å². The summed E-state index contributed by atoms with van der Waals surface area (Å²) in [5, 5.41) is 8.88. The minimum Gasteiger partial charge on any atom is -0.479 e. The van der Waals surface area contributed by atoms with Crippen LogP contribution in [0.3, 0.4) is 0 Å². The predicted molar refractivity (Wildman–Crippen MR) is 60.3 cm³/mol. The van der Waals surface area contributed by atoms with Crippen molar-refractivity contribution in [3.05, 3.63) is 12.2 Å². The molecule has 0 aliphatic heterocycles. The molecule has 0 bridgehead atoms. The summed E-state index contributed by atoms with van der Waals surface area (Å²) in [6, 6.07) is 0. The van der Waals surface area contributed by atoms with Crippen LogP contribution in [0.2, 0.25) is 0 Å². The Balaban J connectivity index is 2.36. The van der Waals surface area contributed by atoms with Crippen molar-refractivity contribution in [2.75, 3.05) is 20.3 Å². The molecule has 4 nitrogen and oxygen atoms in total. The van der Waals surface area contributed by atoms with Gasteiger partial charge in [0, 0.05) is 7.11 Å². The van der Waals surface area contributed by atoms with Crippen LogP contribution in [0.25, 0.3) is 0 Å². The molecule has 0 saturated heterocycles. The molecule has 16 heavy (non-hydrogen) atoms. The smallest absolute Gasteiger partial charge is 0.335 e. The van der Waals surface area contributed by atoms with Crippen LogP contribution in [0.4, 0.5) is 0 Å². The molecule has 0 amide bonds. The second-order valence-electron chi connectivity index (χ2n) is 4.30. The van der Waals surface area contributed by atoms with Gasteiger partial charge in [-0.05, 0) is 24.7 Å². The van der Waals surface area contributed by atoms with E-state index in [9.17, 15) is 4.79 Å². The highest BCUT2D eigenvalue weighted by Crippen LogP contribution is 2.25. The van der Waals surface area contributed by atoms with Gasteiger partial charge in [0.1, 0.15) is 0 Å². The van der Waals surface area contributed by atoms with Crippen LogP contribution in [0.1, 0.15) is 19.8 Å². The number of rotatable bonds is 6. The topological polar surface area (TPSA) is 55.8 Å². The van der Waals surface area contributed by atoms with E-state index in [4.69, 9.17) is 14.6 Å². The van der Waals surface area contributed by atoms with Gasteiger partial charge in [-0.2, -0.15) is 0 Å². The highest BCUT2D eigenvalue weighted by Gasteiger charge is 2.23. The number of carboxylic acid groups (broad SMARTS) is 1. The molecule has 3 atom stereocenters. The van der Waals surface area contributed by atoms with Crippen molar-refractivity contribution in [2.45, 2.75) is 25.9 Å². The molecule has 1 N–H and O–H groups in total. The van der Waals surface area contributed by atoms with Gasteiger partial charge in [0.2, 0.25) is 0 Å². The fourth-order valence-electron chi connectivity index (χ4n) is 1.82. The van der Waals surface area contributed by atoms with Crippen LogP contribution in [0.15, 0.2) is 12.2 Å². The summed E-state index contributed by atoms with van der Waals surface area (Å²) >= 11 is 0. The summed E-state index contributed by atoms with van der Waals surface area (Å²) in [5.74, 6) is 0.0200. The van der Waals surface area contributed by atoms with Crippen molar-refractivity contribution in [3.8, 4) is 0 Å². The van der Waals surface area contributed by atoms with Crippen LogP contribution in [0, 0.1) is 11.8 Å². The van der Waals surface area contributed by atoms with Crippen LogP contribution in [-0.4, -0.2) is 37.5 Å². The summed E-state index contributed by atoms with van der Waals surface area (Å²) in [6.07, 6.45) is 5.49. The molecule has 1 aliphatic carbocycles. The van der Waals surface area contributed by atoms with Gasteiger partial charge in [0.05, 0.1) is 13.2 Å². The molecule has 0 aromatic heterocycles. The van der Waals surface area contributed by atoms with Crippen molar-refractivity contribution in [1.82, 2.24) is 0 Å². The maximum Gasteiger partial charge on any atom is 0.335 e. The number of methoxy groups -OCH3 is 1.